The molecule has 0 fully saturated rings. The predicted octanol–water partition coefficient (Wildman–Crippen LogP) is 3.60. The van der Waals surface area contributed by atoms with Crippen LogP contribution < -0.4 is 5.32 Å². The number of aryl methyl sites for hydroxylation is 1. The van der Waals surface area contributed by atoms with Crippen molar-refractivity contribution in [1.82, 2.24) is 15.1 Å². The van der Waals surface area contributed by atoms with Gasteiger partial charge in [0, 0.05) is 12.1 Å². The van der Waals surface area contributed by atoms with Crippen LogP contribution in [0.3, 0.4) is 0 Å². The Morgan fingerprint density at radius 2 is 1.78 bits per heavy atom. The molecule has 4 heteroatoms. The number of aromatic nitrogens is 2. The zero-order valence-electron chi connectivity index (χ0n) is 13.3. The molecule has 1 aromatic heterocycles. The number of nitrogens with one attached hydrogen (secondary N) is 1. The van der Waals surface area contributed by atoms with Gasteiger partial charge in [-0.25, -0.2) is 4.68 Å². The maximum absolute atomic E-state index is 12.4. The van der Waals surface area contributed by atoms with Crippen LogP contribution in [-0.4, -0.2) is 22.2 Å². The number of hydrogen-bond donors (Lipinski definition) is 1. The van der Waals surface area contributed by atoms with Crippen molar-refractivity contribution >= 4 is 5.91 Å². The normalized spacial score (nSPS) is 10.5. The summed E-state index contributed by atoms with van der Waals surface area (Å²) >= 11 is 0. The molecule has 2 aromatic carbocycles. The minimum atomic E-state index is -0.105. The molecule has 0 aliphatic rings. The number of rotatable bonds is 4. The second-order valence-electron chi connectivity index (χ2n) is 5.33. The van der Waals surface area contributed by atoms with Crippen LogP contribution in [0.25, 0.3) is 16.9 Å². The lowest BCUT2D eigenvalue weighted by molar-refractivity contribution is 0.0956. The lowest BCUT2D eigenvalue weighted by atomic mass is 10.1. The van der Waals surface area contributed by atoms with Crippen LogP contribution in [0.4, 0.5) is 0 Å². The molecule has 23 heavy (non-hydrogen) atoms. The van der Waals surface area contributed by atoms with Crippen LogP contribution in [0.2, 0.25) is 0 Å². The fourth-order valence-corrected chi connectivity index (χ4v) is 2.63. The largest absolute Gasteiger partial charge is 0.352 e. The molecule has 0 spiro atoms. The summed E-state index contributed by atoms with van der Waals surface area (Å²) in [5.41, 5.74) is 4.44. The topological polar surface area (TPSA) is 46.9 Å². The molecule has 0 aliphatic heterocycles. The average Bonchev–Trinajstić information content (AvgIpc) is 3.01. The fourth-order valence-electron chi connectivity index (χ4n) is 2.63. The molecule has 0 saturated heterocycles. The molecule has 4 nitrogen and oxygen atoms in total. The summed E-state index contributed by atoms with van der Waals surface area (Å²) in [6, 6.07) is 17.9. The van der Waals surface area contributed by atoms with E-state index in [1.165, 1.54) is 0 Å². The van der Waals surface area contributed by atoms with E-state index in [1.807, 2.05) is 73.1 Å². The Bertz CT molecular complexity index is 822. The van der Waals surface area contributed by atoms with E-state index in [2.05, 4.69) is 10.4 Å². The van der Waals surface area contributed by atoms with Gasteiger partial charge < -0.3 is 5.32 Å². The summed E-state index contributed by atoms with van der Waals surface area (Å²) in [5, 5.41) is 7.34. The number of carbonyl (C=O) groups excluding carboxylic acids is 1. The molecule has 0 unspecified atom stereocenters. The standard InChI is InChI=1S/C19H19N3O/c1-3-20-19(23)16-13-21-22(17-12-8-7-9-14(17)2)18(16)15-10-5-4-6-11-15/h4-13H,3H2,1-2H3,(H,20,23). The van der Waals surface area contributed by atoms with Gasteiger partial charge in [-0.05, 0) is 25.5 Å². The Morgan fingerprint density at radius 1 is 1.09 bits per heavy atom. The van der Waals surface area contributed by atoms with Crippen molar-refractivity contribution in [1.29, 1.82) is 0 Å². The van der Waals surface area contributed by atoms with Crippen molar-refractivity contribution in [2.75, 3.05) is 6.54 Å². The van der Waals surface area contributed by atoms with E-state index in [9.17, 15) is 4.79 Å². The highest BCUT2D eigenvalue weighted by molar-refractivity contribution is 6.00. The third kappa shape index (κ3) is 2.88. The first-order valence-electron chi connectivity index (χ1n) is 7.70. The van der Waals surface area contributed by atoms with E-state index in [1.54, 1.807) is 6.20 Å². The highest BCUT2D eigenvalue weighted by Crippen LogP contribution is 2.27. The molecule has 116 valence electrons. The molecule has 0 bridgehead atoms. The van der Waals surface area contributed by atoms with Gasteiger partial charge in [-0.2, -0.15) is 5.10 Å². The number of nitrogens with zero attached hydrogens (tertiary/aromatic N) is 2. The summed E-state index contributed by atoms with van der Waals surface area (Å²) in [4.78, 5) is 12.4. The van der Waals surface area contributed by atoms with Gasteiger partial charge in [0.25, 0.3) is 5.91 Å². The van der Waals surface area contributed by atoms with Crippen LogP contribution in [0, 0.1) is 6.92 Å². The summed E-state index contributed by atoms with van der Waals surface area (Å²) < 4.78 is 1.84. The molecule has 0 aliphatic carbocycles. The van der Waals surface area contributed by atoms with Crippen molar-refractivity contribution in [3.63, 3.8) is 0 Å². The number of carbonyl (C=O) groups is 1. The van der Waals surface area contributed by atoms with Crippen LogP contribution in [0.5, 0.6) is 0 Å². The number of para-hydroxylation sites is 1. The first-order chi connectivity index (χ1) is 11.2. The average molecular weight is 305 g/mol. The third-order valence-electron chi connectivity index (χ3n) is 3.74. The highest BCUT2D eigenvalue weighted by atomic mass is 16.1. The quantitative estimate of drug-likeness (QED) is 0.800. The Kier molecular flexibility index (Phi) is 4.24. The first-order valence-corrected chi connectivity index (χ1v) is 7.70. The molecule has 3 aromatic rings. The maximum Gasteiger partial charge on any atom is 0.255 e. The molecular formula is C19H19N3O. The van der Waals surface area contributed by atoms with Crippen molar-refractivity contribution in [3.05, 3.63) is 71.9 Å². The number of amides is 1. The monoisotopic (exact) mass is 305 g/mol. The molecule has 1 N–H and O–H groups in total. The third-order valence-corrected chi connectivity index (χ3v) is 3.74. The van der Waals surface area contributed by atoms with Crippen molar-refractivity contribution in [2.24, 2.45) is 0 Å². The molecule has 1 heterocycles. The number of hydrogen-bond acceptors (Lipinski definition) is 2. The number of benzene rings is 2. The second-order valence-corrected chi connectivity index (χ2v) is 5.33. The van der Waals surface area contributed by atoms with Gasteiger partial charge in [0.2, 0.25) is 0 Å². The van der Waals surface area contributed by atoms with Crippen molar-refractivity contribution in [3.8, 4) is 16.9 Å². The van der Waals surface area contributed by atoms with Gasteiger partial charge in [-0.3, -0.25) is 4.79 Å². The van der Waals surface area contributed by atoms with Gasteiger partial charge in [0.1, 0.15) is 0 Å². The van der Waals surface area contributed by atoms with E-state index in [-0.39, 0.29) is 5.91 Å². The van der Waals surface area contributed by atoms with Gasteiger partial charge in [0.15, 0.2) is 0 Å². The van der Waals surface area contributed by atoms with Crippen LogP contribution in [0.1, 0.15) is 22.8 Å². The summed E-state index contributed by atoms with van der Waals surface area (Å²) in [6.07, 6.45) is 1.64. The minimum absolute atomic E-state index is 0.105. The molecule has 0 saturated carbocycles. The van der Waals surface area contributed by atoms with Gasteiger partial charge >= 0.3 is 0 Å². The van der Waals surface area contributed by atoms with E-state index < -0.39 is 0 Å². The Morgan fingerprint density at radius 3 is 2.48 bits per heavy atom. The molecule has 3 rings (SSSR count). The SMILES string of the molecule is CCNC(=O)c1cnn(-c2ccccc2C)c1-c1ccccc1. The molecule has 0 atom stereocenters. The zero-order chi connectivity index (χ0) is 16.2. The van der Waals surface area contributed by atoms with Crippen molar-refractivity contribution < 1.29 is 4.79 Å². The van der Waals surface area contributed by atoms with Crippen LogP contribution >= 0.6 is 0 Å². The predicted molar refractivity (Wildman–Crippen MR) is 91.7 cm³/mol. The summed E-state index contributed by atoms with van der Waals surface area (Å²) in [7, 11) is 0. The smallest absolute Gasteiger partial charge is 0.255 e. The van der Waals surface area contributed by atoms with Crippen LogP contribution in [-0.2, 0) is 0 Å². The highest BCUT2D eigenvalue weighted by Gasteiger charge is 2.20. The van der Waals surface area contributed by atoms with E-state index in [0.29, 0.717) is 12.1 Å². The fraction of sp³-hybridized carbons (Fsp3) is 0.158. The Balaban J connectivity index is 2.22. The second kappa shape index (κ2) is 6.48. The van der Waals surface area contributed by atoms with E-state index in [4.69, 9.17) is 0 Å². The van der Waals surface area contributed by atoms with Crippen molar-refractivity contribution in [2.45, 2.75) is 13.8 Å². The van der Waals surface area contributed by atoms with Crippen LogP contribution in [0.15, 0.2) is 60.8 Å². The van der Waals surface area contributed by atoms with E-state index >= 15 is 0 Å². The lowest BCUT2D eigenvalue weighted by Gasteiger charge is -2.12. The van der Waals surface area contributed by atoms with Gasteiger partial charge in [-0.15, -0.1) is 0 Å². The summed E-state index contributed by atoms with van der Waals surface area (Å²) in [5.74, 6) is -0.105. The minimum Gasteiger partial charge on any atom is -0.352 e. The Labute approximate surface area is 135 Å². The lowest BCUT2D eigenvalue weighted by Crippen LogP contribution is -2.23. The van der Waals surface area contributed by atoms with Gasteiger partial charge in [-0.1, -0.05) is 48.5 Å². The zero-order valence-corrected chi connectivity index (χ0v) is 13.3. The molecule has 1 amide bonds. The summed E-state index contributed by atoms with van der Waals surface area (Å²) in [6.45, 7) is 4.53. The van der Waals surface area contributed by atoms with E-state index in [0.717, 1.165) is 22.5 Å². The Hall–Kier alpha value is -2.88. The first kappa shape index (κ1) is 15.0. The van der Waals surface area contributed by atoms with Gasteiger partial charge in [0.05, 0.1) is 23.1 Å². The molecule has 0 radical (unpaired) electrons. The molecular weight excluding hydrogens is 286 g/mol. The maximum atomic E-state index is 12.4.